The number of amides is 1. The van der Waals surface area contributed by atoms with Crippen LogP contribution in [0, 0.1) is 27.7 Å². The number of aliphatic hydroxyl groups excluding tert-OH is 1. The maximum Gasteiger partial charge on any atom is 0.267 e. The summed E-state index contributed by atoms with van der Waals surface area (Å²) in [5, 5.41) is 17.5. The highest BCUT2D eigenvalue weighted by Crippen LogP contribution is 2.33. The Hall–Kier alpha value is -2.66. The second-order valence-electron chi connectivity index (χ2n) is 7.84. The first-order chi connectivity index (χ1) is 16.0. The average molecular weight is 524 g/mol. The zero-order chi connectivity index (χ0) is 25.2. The molecule has 2 heterocycles. The molecule has 0 aliphatic carbocycles. The number of nitrogens with one attached hydrogen (secondary N) is 2. The first-order valence-corrected chi connectivity index (χ1v) is 13.1. The normalized spacial score (nSPS) is 12.4. The third-order valence-electron chi connectivity index (χ3n) is 5.17. The third-order valence-corrected chi connectivity index (χ3v) is 8.71. The fraction of sp³-hybridized carbons (Fsp3) is 0.304. The van der Waals surface area contributed by atoms with E-state index in [4.69, 9.17) is 16.1 Å². The number of halogens is 1. The van der Waals surface area contributed by atoms with E-state index in [0.29, 0.717) is 22.7 Å². The molecule has 3 N–H and O–H groups in total. The zero-order valence-corrected chi connectivity index (χ0v) is 21.6. The highest BCUT2D eigenvalue weighted by Gasteiger charge is 2.33. The Labute approximate surface area is 207 Å². The molecule has 11 heteroatoms. The molecule has 0 fully saturated rings. The van der Waals surface area contributed by atoms with Gasteiger partial charge in [0.2, 0.25) is 15.7 Å². The Morgan fingerprint density at radius 2 is 2.00 bits per heavy atom. The maximum atomic E-state index is 13.5. The highest BCUT2D eigenvalue weighted by molar-refractivity contribution is 7.92. The molecule has 1 atom stereocenters. The van der Waals surface area contributed by atoms with Crippen LogP contribution in [0.5, 0.6) is 0 Å². The average Bonchev–Trinajstić information content (AvgIpc) is 3.31. The molecule has 3 aromatic rings. The molecule has 1 aromatic carbocycles. The number of hydrogen-bond donors (Lipinski definition) is 3. The number of aryl methyl sites for hydroxylation is 4. The van der Waals surface area contributed by atoms with Crippen molar-refractivity contribution in [3.05, 3.63) is 68.0 Å². The van der Waals surface area contributed by atoms with Gasteiger partial charge in [0.1, 0.15) is 15.6 Å². The standard InChI is InChI=1S/C23H26ClN3O5S2/c1-6-19(26-23-20(24)15(5)27-32-23)34(30,31)18-11-14(4)33-21(18)22(29)25-17-10-12(2)9-13(3)16(17)7-8-28/h6,9-11,19,26,28H,1,7-8H2,2-5H3,(H,25,29). The Kier molecular flexibility index (Phi) is 7.87. The number of aromatic nitrogens is 1. The number of rotatable bonds is 9. The molecule has 0 radical (unpaired) electrons. The molecule has 0 saturated heterocycles. The molecule has 3 rings (SSSR count). The Balaban J connectivity index is 1.98. The van der Waals surface area contributed by atoms with Gasteiger partial charge in [-0.2, -0.15) is 0 Å². The Morgan fingerprint density at radius 3 is 2.59 bits per heavy atom. The molecule has 182 valence electrons. The number of hydrogen-bond acceptors (Lipinski definition) is 8. The van der Waals surface area contributed by atoms with E-state index in [1.165, 1.54) is 12.1 Å². The van der Waals surface area contributed by atoms with Gasteiger partial charge in [0.25, 0.3) is 5.91 Å². The molecule has 0 aliphatic rings. The Bertz CT molecular complexity index is 1340. The molecule has 1 unspecified atom stereocenters. The van der Waals surface area contributed by atoms with E-state index in [2.05, 4.69) is 22.4 Å². The van der Waals surface area contributed by atoms with Crippen molar-refractivity contribution in [2.75, 3.05) is 17.2 Å². The van der Waals surface area contributed by atoms with E-state index in [-0.39, 0.29) is 27.3 Å². The van der Waals surface area contributed by atoms with Gasteiger partial charge in [-0.15, -0.1) is 11.3 Å². The van der Waals surface area contributed by atoms with Crippen molar-refractivity contribution in [2.45, 2.75) is 44.4 Å². The van der Waals surface area contributed by atoms with Gasteiger partial charge in [-0.1, -0.05) is 35.5 Å². The number of aliphatic hydroxyl groups is 1. The van der Waals surface area contributed by atoms with Gasteiger partial charge in [-0.25, -0.2) is 8.42 Å². The summed E-state index contributed by atoms with van der Waals surface area (Å²) in [6.45, 7) is 10.7. The summed E-state index contributed by atoms with van der Waals surface area (Å²) >= 11 is 7.19. The first-order valence-electron chi connectivity index (χ1n) is 10.4. The second kappa shape index (κ2) is 10.3. The first kappa shape index (κ1) is 26.0. The summed E-state index contributed by atoms with van der Waals surface area (Å²) in [6, 6.07) is 5.21. The SMILES string of the molecule is C=CC(Nc1onc(C)c1Cl)S(=O)(=O)c1cc(C)sc1C(=O)Nc1cc(C)cc(C)c1CCO. The molecule has 0 saturated carbocycles. The summed E-state index contributed by atoms with van der Waals surface area (Å²) in [7, 11) is -4.11. The van der Waals surface area contributed by atoms with Gasteiger partial charge in [-0.05, 0) is 62.9 Å². The summed E-state index contributed by atoms with van der Waals surface area (Å²) < 4.78 is 32.1. The monoisotopic (exact) mass is 523 g/mol. The van der Waals surface area contributed by atoms with Crippen LogP contribution in [0.25, 0.3) is 0 Å². The van der Waals surface area contributed by atoms with Crippen LogP contribution in [0.2, 0.25) is 5.02 Å². The summed E-state index contributed by atoms with van der Waals surface area (Å²) in [5.74, 6) is -0.563. The van der Waals surface area contributed by atoms with Crippen LogP contribution in [-0.4, -0.2) is 36.6 Å². The number of thiophene rings is 1. The molecule has 34 heavy (non-hydrogen) atoms. The quantitative estimate of drug-likeness (QED) is 0.344. The van der Waals surface area contributed by atoms with Gasteiger partial charge in [0, 0.05) is 17.2 Å². The van der Waals surface area contributed by atoms with Crippen LogP contribution in [0.1, 0.15) is 36.9 Å². The Morgan fingerprint density at radius 1 is 1.29 bits per heavy atom. The maximum absolute atomic E-state index is 13.5. The van der Waals surface area contributed by atoms with Crippen LogP contribution < -0.4 is 10.6 Å². The van der Waals surface area contributed by atoms with Gasteiger partial charge in [0.05, 0.1) is 4.90 Å². The third kappa shape index (κ3) is 5.20. The number of nitrogens with zero attached hydrogens (tertiary/aromatic N) is 1. The van der Waals surface area contributed by atoms with Crippen molar-refractivity contribution >= 4 is 50.3 Å². The van der Waals surface area contributed by atoms with E-state index < -0.39 is 21.1 Å². The number of carbonyl (C=O) groups is 1. The van der Waals surface area contributed by atoms with Crippen LogP contribution in [0.15, 0.2) is 40.3 Å². The summed E-state index contributed by atoms with van der Waals surface area (Å²) in [5.41, 5.74) is 3.59. The number of sulfone groups is 1. The van der Waals surface area contributed by atoms with E-state index in [9.17, 15) is 18.3 Å². The predicted molar refractivity (Wildman–Crippen MR) is 135 cm³/mol. The van der Waals surface area contributed by atoms with E-state index in [1.54, 1.807) is 19.9 Å². The minimum absolute atomic E-state index is 0.00511. The van der Waals surface area contributed by atoms with Crippen molar-refractivity contribution in [3.63, 3.8) is 0 Å². The van der Waals surface area contributed by atoms with Crippen molar-refractivity contribution in [2.24, 2.45) is 0 Å². The molecular weight excluding hydrogens is 498 g/mol. The van der Waals surface area contributed by atoms with Crippen molar-refractivity contribution < 1.29 is 22.8 Å². The molecule has 8 nitrogen and oxygen atoms in total. The minimum atomic E-state index is -4.11. The highest BCUT2D eigenvalue weighted by atomic mass is 35.5. The number of anilines is 2. The molecule has 0 aliphatic heterocycles. The van der Waals surface area contributed by atoms with Crippen molar-refractivity contribution in [1.82, 2.24) is 5.16 Å². The van der Waals surface area contributed by atoms with Gasteiger partial charge < -0.3 is 20.3 Å². The van der Waals surface area contributed by atoms with Gasteiger partial charge >= 0.3 is 0 Å². The lowest BCUT2D eigenvalue weighted by atomic mass is 10.0. The van der Waals surface area contributed by atoms with Gasteiger partial charge in [0.15, 0.2) is 5.37 Å². The fourth-order valence-electron chi connectivity index (χ4n) is 3.57. The van der Waals surface area contributed by atoms with E-state index in [1.807, 2.05) is 19.9 Å². The van der Waals surface area contributed by atoms with Crippen LogP contribution in [0.3, 0.4) is 0 Å². The fourth-order valence-corrected chi connectivity index (χ4v) is 6.52. The number of benzene rings is 1. The van der Waals surface area contributed by atoms with Gasteiger partial charge in [-0.3, -0.25) is 4.79 Å². The van der Waals surface area contributed by atoms with Crippen LogP contribution in [0.4, 0.5) is 11.6 Å². The zero-order valence-electron chi connectivity index (χ0n) is 19.2. The molecule has 1 amide bonds. The summed E-state index contributed by atoms with van der Waals surface area (Å²) in [4.78, 5) is 13.8. The smallest absolute Gasteiger partial charge is 0.267 e. The lowest BCUT2D eigenvalue weighted by Gasteiger charge is -2.17. The lowest BCUT2D eigenvalue weighted by molar-refractivity contribution is 0.102. The van der Waals surface area contributed by atoms with Crippen molar-refractivity contribution in [1.29, 1.82) is 0 Å². The second-order valence-corrected chi connectivity index (χ2v) is 11.5. The molecular formula is C23H26ClN3O5S2. The largest absolute Gasteiger partial charge is 0.396 e. The van der Waals surface area contributed by atoms with Crippen LogP contribution in [-0.2, 0) is 16.3 Å². The molecule has 0 bridgehead atoms. The topological polar surface area (TPSA) is 122 Å². The number of carbonyl (C=O) groups excluding carboxylic acids is 1. The predicted octanol–water partition coefficient (Wildman–Crippen LogP) is 4.81. The van der Waals surface area contributed by atoms with E-state index in [0.717, 1.165) is 28.0 Å². The minimum Gasteiger partial charge on any atom is -0.396 e. The van der Waals surface area contributed by atoms with Crippen molar-refractivity contribution in [3.8, 4) is 0 Å². The van der Waals surface area contributed by atoms with Crippen LogP contribution >= 0.6 is 22.9 Å². The summed E-state index contributed by atoms with van der Waals surface area (Å²) in [6.07, 6.45) is 1.55. The molecule has 2 aromatic heterocycles. The van der Waals surface area contributed by atoms with E-state index >= 15 is 0 Å². The lowest BCUT2D eigenvalue weighted by Crippen LogP contribution is -2.29. The molecule has 0 spiro atoms.